The maximum absolute atomic E-state index is 12.6. The van der Waals surface area contributed by atoms with Gasteiger partial charge in [-0.25, -0.2) is 4.98 Å². The van der Waals surface area contributed by atoms with Gasteiger partial charge >= 0.3 is 0 Å². The van der Waals surface area contributed by atoms with Crippen LogP contribution in [0.3, 0.4) is 0 Å². The number of nitrogens with zero attached hydrogens (tertiary/aromatic N) is 3. The Kier molecular flexibility index (Phi) is 5.11. The lowest BCUT2D eigenvalue weighted by Crippen LogP contribution is -2.28. The lowest BCUT2D eigenvalue weighted by Gasteiger charge is -2.10. The first-order chi connectivity index (χ1) is 12.8. The third-order valence-corrected chi connectivity index (χ3v) is 4.37. The number of non-ortho nitro benzene ring substituents is 1. The molecule has 3 rings (SSSR count). The molecule has 1 amide bonds. The van der Waals surface area contributed by atoms with Gasteiger partial charge in [0.25, 0.3) is 11.2 Å². The minimum atomic E-state index is -0.555. The molecular formula is C17H12Cl2N4O4. The molecule has 8 nitrogen and oxygen atoms in total. The van der Waals surface area contributed by atoms with Crippen LogP contribution in [0.4, 0.5) is 11.4 Å². The molecule has 0 spiro atoms. The molecule has 10 heteroatoms. The molecule has 1 heterocycles. The summed E-state index contributed by atoms with van der Waals surface area (Å²) in [5.74, 6) is -0.532. The standard InChI is InChI=1S/C17H12Cl2N4O4/c1-9-2-3-11(23(26)27)6-14(9)21-15(24)7-22-8-20-16-12(17(22)25)4-10(18)5-13(16)19/h2-6,8H,7H2,1H3,(H,21,24). The van der Waals surface area contributed by atoms with Gasteiger partial charge in [-0.05, 0) is 24.6 Å². The maximum Gasteiger partial charge on any atom is 0.271 e. The molecule has 0 radical (unpaired) electrons. The fraction of sp³-hybridized carbons (Fsp3) is 0.118. The van der Waals surface area contributed by atoms with E-state index in [1.54, 1.807) is 6.92 Å². The zero-order valence-electron chi connectivity index (χ0n) is 13.9. The highest BCUT2D eigenvalue weighted by atomic mass is 35.5. The fourth-order valence-corrected chi connectivity index (χ4v) is 3.05. The lowest BCUT2D eigenvalue weighted by molar-refractivity contribution is -0.384. The third-order valence-electron chi connectivity index (χ3n) is 3.87. The van der Waals surface area contributed by atoms with E-state index >= 15 is 0 Å². The zero-order valence-corrected chi connectivity index (χ0v) is 15.4. The van der Waals surface area contributed by atoms with E-state index in [0.29, 0.717) is 11.3 Å². The first-order valence-corrected chi connectivity index (χ1v) is 8.41. The fourth-order valence-electron chi connectivity index (χ4n) is 2.51. The molecule has 1 N–H and O–H groups in total. The summed E-state index contributed by atoms with van der Waals surface area (Å²) in [5.41, 5.74) is 0.607. The van der Waals surface area contributed by atoms with Crippen molar-refractivity contribution in [2.75, 3.05) is 5.32 Å². The molecular weight excluding hydrogens is 395 g/mol. The average molecular weight is 407 g/mol. The number of aryl methyl sites for hydroxylation is 1. The van der Waals surface area contributed by atoms with Crippen LogP contribution in [0.1, 0.15) is 5.56 Å². The van der Waals surface area contributed by atoms with Gasteiger partial charge in [-0.15, -0.1) is 0 Å². The van der Waals surface area contributed by atoms with E-state index in [4.69, 9.17) is 23.2 Å². The van der Waals surface area contributed by atoms with Gasteiger partial charge in [0.05, 0.1) is 32.9 Å². The minimum absolute atomic E-state index is 0.148. The average Bonchev–Trinajstić information content (AvgIpc) is 2.59. The van der Waals surface area contributed by atoms with Crippen molar-refractivity contribution < 1.29 is 9.72 Å². The summed E-state index contributed by atoms with van der Waals surface area (Å²) >= 11 is 12.0. The smallest absolute Gasteiger partial charge is 0.271 e. The van der Waals surface area contributed by atoms with E-state index in [2.05, 4.69) is 10.3 Å². The van der Waals surface area contributed by atoms with Crippen molar-refractivity contribution in [2.24, 2.45) is 0 Å². The van der Waals surface area contributed by atoms with Crippen molar-refractivity contribution in [3.8, 4) is 0 Å². The summed E-state index contributed by atoms with van der Waals surface area (Å²) in [6, 6.07) is 7.03. The number of carbonyl (C=O) groups is 1. The molecule has 2 aromatic carbocycles. The predicted octanol–water partition coefficient (Wildman–Crippen LogP) is 3.56. The summed E-state index contributed by atoms with van der Waals surface area (Å²) in [5, 5.41) is 14.2. The lowest BCUT2D eigenvalue weighted by atomic mass is 10.2. The molecule has 0 atom stereocenters. The van der Waals surface area contributed by atoms with Gasteiger partial charge in [-0.3, -0.25) is 24.3 Å². The van der Waals surface area contributed by atoms with Gasteiger partial charge in [0.15, 0.2) is 0 Å². The van der Waals surface area contributed by atoms with Gasteiger partial charge < -0.3 is 5.32 Å². The van der Waals surface area contributed by atoms with E-state index in [-0.39, 0.29) is 33.2 Å². The number of nitrogens with one attached hydrogen (secondary N) is 1. The first kappa shape index (κ1) is 18.8. The number of carbonyl (C=O) groups excluding carboxylic acids is 1. The number of hydrogen-bond donors (Lipinski definition) is 1. The topological polar surface area (TPSA) is 107 Å². The predicted molar refractivity (Wildman–Crippen MR) is 102 cm³/mol. The van der Waals surface area contributed by atoms with Gasteiger partial charge in [0.1, 0.15) is 6.54 Å². The highest BCUT2D eigenvalue weighted by Crippen LogP contribution is 2.24. The van der Waals surface area contributed by atoms with E-state index in [0.717, 1.165) is 4.57 Å². The molecule has 0 saturated carbocycles. The van der Waals surface area contributed by atoms with E-state index in [9.17, 15) is 19.7 Å². The third kappa shape index (κ3) is 3.91. The SMILES string of the molecule is Cc1ccc([N+](=O)[O-])cc1NC(=O)Cn1cnc2c(Cl)cc(Cl)cc2c1=O. The Labute approximate surface area is 162 Å². The van der Waals surface area contributed by atoms with Crippen LogP contribution < -0.4 is 10.9 Å². The van der Waals surface area contributed by atoms with Crippen LogP contribution >= 0.6 is 23.2 Å². The molecule has 0 saturated heterocycles. The van der Waals surface area contributed by atoms with Crippen molar-refractivity contribution in [2.45, 2.75) is 13.5 Å². The van der Waals surface area contributed by atoms with Crippen LogP contribution in [0.25, 0.3) is 10.9 Å². The summed E-state index contributed by atoms with van der Waals surface area (Å²) in [7, 11) is 0. The van der Waals surface area contributed by atoms with Gasteiger partial charge in [0.2, 0.25) is 5.91 Å². The number of rotatable bonds is 4. The number of nitro benzene ring substituents is 1. The Balaban J connectivity index is 1.89. The van der Waals surface area contributed by atoms with Crippen LogP contribution in [0.5, 0.6) is 0 Å². The van der Waals surface area contributed by atoms with Crippen molar-refractivity contribution in [1.29, 1.82) is 0 Å². The van der Waals surface area contributed by atoms with Gasteiger partial charge in [0, 0.05) is 17.2 Å². The molecule has 138 valence electrons. The number of fused-ring (bicyclic) bond motifs is 1. The number of benzene rings is 2. The zero-order chi connectivity index (χ0) is 19.7. The number of amides is 1. The molecule has 0 bridgehead atoms. The monoisotopic (exact) mass is 406 g/mol. The van der Waals surface area contributed by atoms with E-state index < -0.39 is 16.4 Å². The minimum Gasteiger partial charge on any atom is -0.324 e. The van der Waals surface area contributed by atoms with Crippen molar-refractivity contribution >= 4 is 51.4 Å². The molecule has 0 unspecified atom stereocenters. The largest absolute Gasteiger partial charge is 0.324 e. The Hall–Kier alpha value is -2.97. The second kappa shape index (κ2) is 7.34. The normalized spacial score (nSPS) is 10.8. The van der Waals surface area contributed by atoms with Crippen molar-refractivity contribution in [3.05, 3.63) is 72.7 Å². The Morgan fingerprint density at radius 3 is 2.74 bits per heavy atom. The molecule has 1 aromatic heterocycles. The van der Waals surface area contributed by atoms with Crippen LogP contribution in [-0.2, 0) is 11.3 Å². The van der Waals surface area contributed by atoms with Crippen molar-refractivity contribution in [3.63, 3.8) is 0 Å². The first-order valence-electron chi connectivity index (χ1n) is 7.65. The van der Waals surface area contributed by atoms with Crippen LogP contribution in [0.15, 0.2) is 41.5 Å². The van der Waals surface area contributed by atoms with Crippen LogP contribution in [0, 0.1) is 17.0 Å². The number of aromatic nitrogens is 2. The Bertz CT molecular complexity index is 1140. The molecule has 27 heavy (non-hydrogen) atoms. The summed E-state index contributed by atoms with van der Waals surface area (Å²) in [4.78, 5) is 39.3. The molecule has 0 fully saturated rings. The maximum atomic E-state index is 12.6. The van der Waals surface area contributed by atoms with Crippen molar-refractivity contribution in [1.82, 2.24) is 9.55 Å². The molecule has 0 aliphatic carbocycles. The summed E-state index contributed by atoms with van der Waals surface area (Å²) in [6.07, 6.45) is 1.21. The highest BCUT2D eigenvalue weighted by molar-refractivity contribution is 6.38. The van der Waals surface area contributed by atoms with E-state index in [1.807, 2.05) is 0 Å². The number of anilines is 1. The van der Waals surface area contributed by atoms with Gasteiger partial charge in [-0.1, -0.05) is 29.3 Å². The molecule has 3 aromatic rings. The highest BCUT2D eigenvalue weighted by Gasteiger charge is 2.14. The van der Waals surface area contributed by atoms with Crippen LogP contribution in [0.2, 0.25) is 10.0 Å². The Morgan fingerprint density at radius 2 is 2.04 bits per heavy atom. The molecule has 0 aliphatic rings. The molecule has 0 aliphatic heterocycles. The number of hydrogen-bond acceptors (Lipinski definition) is 5. The second-order valence-corrected chi connectivity index (χ2v) is 6.61. The number of nitro groups is 1. The summed E-state index contributed by atoms with van der Waals surface area (Å²) in [6.45, 7) is 1.38. The van der Waals surface area contributed by atoms with Gasteiger partial charge in [-0.2, -0.15) is 0 Å². The van der Waals surface area contributed by atoms with E-state index in [1.165, 1.54) is 36.7 Å². The van der Waals surface area contributed by atoms with Crippen LogP contribution in [-0.4, -0.2) is 20.4 Å². The second-order valence-electron chi connectivity index (χ2n) is 5.77. The number of halogens is 2. The summed E-state index contributed by atoms with van der Waals surface area (Å²) < 4.78 is 1.11. The quantitative estimate of drug-likeness (QED) is 0.526. The Morgan fingerprint density at radius 1 is 1.30 bits per heavy atom.